The molecule has 4 nitrogen and oxygen atoms in total. The minimum absolute atomic E-state index is 0. The van der Waals surface area contributed by atoms with E-state index in [0.29, 0.717) is 0 Å². The van der Waals surface area contributed by atoms with Crippen LogP contribution in [-0.4, -0.2) is 14.2 Å². The van der Waals surface area contributed by atoms with Crippen LogP contribution in [0.5, 0.6) is 0 Å². The van der Waals surface area contributed by atoms with E-state index in [-0.39, 0.29) is 18.2 Å². The topological polar surface area (TPSA) is 81.7 Å². The molecule has 0 saturated carbocycles. The zero-order chi connectivity index (χ0) is 7.28. The summed E-state index contributed by atoms with van der Waals surface area (Å²) >= 11 is 0. The Morgan fingerprint density at radius 2 is 1.70 bits per heavy atom. The zero-order valence-electron chi connectivity index (χ0n) is 4.85. The van der Waals surface area contributed by atoms with Crippen molar-refractivity contribution in [1.29, 1.82) is 10.5 Å². The van der Waals surface area contributed by atoms with Crippen molar-refractivity contribution in [3.63, 3.8) is 0 Å². The number of nitriles is 2. The third kappa shape index (κ3) is 5.36. The fourth-order valence-electron chi connectivity index (χ4n) is 0.260. The number of rotatable bonds is 2. The van der Waals surface area contributed by atoms with Gasteiger partial charge in [0.05, 0.1) is 17.9 Å². The van der Waals surface area contributed by atoms with Crippen LogP contribution in [-0.2, 0) is 10.7 Å². The summed E-state index contributed by atoms with van der Waals surface area (Å²) in [5.74, 6) is -1.37. The summed E-state index contributed by atoms with van der Waals surface area (Å²) in [5, 5.41) is 16.1. The normalized spacial score (nSPS) is 8.00. The van der Waals surface area contributed by atoms with E-state index in [1.54, 1.807) is 0 Å². The van der Waals surface area contributed by atoms with Crippen LogP contribution >= 0.6 is 12.4 Å². The average Bonchev–Trinajstić information content (AvgIpc) is 1.82. The average molecular weight is 181 g/mol. The quantitative estimate of drug-likeness (QED) is 0.591. The van der Waals surface area contributed by atoms with Gasteiger partial charge in [0.25, 0.3) is 0 Å². The Hall–Kier alpha value is -0.780. The second-order valence-corrected chi connectivity index (χ2v) is 2.36. The van der Waals surface area contributed by atoms with Crippen LogP contribution in [0.3, 0.4) is 0 Å². The van der Waals surface area contributed by atoms with Crippen LogP contribution in [0.2, 0.25) is 0 Å². The van der Waals surface area contributed by atoms with E-state index in [1.165, 1.54) is 12.1 Å². The molecule has 0 aliphatic carbocycles. The predicted octanol–water partition coefficient (Wildman–Crippen LogP) is -0.317. The van der Waals surface area contributed by atoms with Gasteiger partial charge in [0.2, 0.25) is 0 Å². The molecule has 0 N–H and O–H groups in total. The van der Waals surface area contributed by atoms with Crippen molar-refractivity contribution in [2.24, 2.45) is 5.92 Å². The Labute approximate surface area is 66.4 Å². The highest BCUT2D eigenvalue weighted by atomic mass is 35.5. The predicted molar refractivity (Wildman–Crippen MR) is 37.1 cm³/mol. The third-order valence-electron chi connectivity index (χ3n) is 0.643. The summed E-state index contributed by atoms with van der Waals surface area (Å²) in [6, 6.07) is 3.08. The molecule has 0 fully saturated rings. The number of thiol groups is 1. The molecule has 0 bridgehead atoms. The highest BCUT2D eigenvalue weighted by Crippen LogP contribution is 1.89. The maximum absolute atomic E-state index is 9.86. The van der Waals surface area contributed by atoms with Crippen LogP contribution in [0, 0.1) is 28.6 Å². The number of hydrogen-bond donors (Lipinski definition) is 1. The molecule has 0 aliphatic heterocycles. The molecule has 0 aromatic carbocycles. The number of hydrogen-bond acceptors (Lipinski definition) is 4. The Bertz CT molecular complexity index is 215. The van der Waals surface area contributed by atoms with Crippen molar-refractivity contribution in [2.75, 3.05) is 5.75 Å². The van der Waals surface area contributed by atoms with Crippen molar-refractivity contribution >= 4 is 23.1 Å². The molecule has 0 radical (unpaired) electrons. The van der Waals surface area contributed by atoms with E-state index in [9.17, 15) is 8.42 Å². The van der Waals surface area contributed by atoms with Gasteiger partial charge in [0, 0.05) is 0 Å². The van der Waals surface area contributed by atoms with Crippen molar-refractivity contribution < 1.29 is 8.42 Å². The maximum Gasteiger partial charge on any atom is 0.146 e. The molecule has 0 heterocycles. The first-order valence-electron chi connectivity index (χ1n) is 2.11. The summed E-state index contributed by atoms with van der Waals surface area (Å²) in [7, 11) is -2.60. The lowest BCUT2D eigenvalue weighted by Gasteiger charge is -1.85. The largest absolute Gasteiger partial charge is 0.232 e. The first-order valence-corrected chi connectivity index (χ1v) is 3.48. The standard InChI is InChI=1S/C4H4N2O2S.ClH/c5-1-4(2-6)3-9(7)8;/h4,9H,3H2;1H. The zero-order valence-corrected chi connectivity index (χ0v) is 6.56. The van der Waals surface area contributed by atoms with Crippen LogP contribution in [0.1, 0.15) is 0 Å². The fourth-order valence-corrected chi connectivity index (χ4v) is 0.721. The molecule has 6 heteroatoms. The molecule has 0 spiro atoms. The molecule has 56 valence electrons. The molecular formula is C4H5ClN2O2S. The van der Waals surface area contributed by atoms with Crippen molar-refractivity contribution in [3.05, 3.63) is 0 Å². The van der Waals surface area contributed by atoms with Gasteiger partial charge in [-0.25, -0.2) is 8.42 Å². The van der Waals surface area contributed by atoms with Gasteiger partial charge in [-0.1, -0.05) is 0 Å². The molecule has 0 aromatic heterocycles. The van der Waals surface area contributed by atoms with Gasteiger partial charge in [-0.3, -0.25) is 0 Å². The minimum Gasteiger partial charge on any atom is -0.232 e. The van der Waals surface area contributed by atoms with E-state index in [1.807, 2.05) is 0 Å². The van der Waals surface area contributed by atoms with Gasteiger partial charge in [0.15, 0.2) is 0 Å². The first kappa shape index (κ1) is 12.0. The molecular weight excluding hydrogens is 176 g/mol. The van der Waals surface area contributed by atoms with E-state index < -0.39 is 16.6 Å². The second kappa shape index (κ2) is 6.34. The third-order valence-corrected chi connectivity index (χ3v) is 1.31. The van der Waals surface area contributed by atoms with E-state index in [4.69, 9.17) is 10.5 Å². The van der Waals surface area contributed by atoms with Crippen LogP contribution in [0.25, 0.3) is 0 Å². The van der Waals surface area contributed by atoms with Crippen LogP contribution < -0.4 is 0 Å². The van der Waals surface area contributed by atoms with Crippen molar-refractivity contribution in [3.8, 4) is 12.1 Å². The summed E-state index contributed by atoms with van der Waals surface area (Å²) < 4.78 is 19.7. The first-order chi connectivity index (χ1) is 4.20. The van der Waals surface area contributed by atoms with E-state index in [2.05, 4.69) is 0 Å². The molecule has 0 aromatic rings. The molecule has 0 atom stereocenters. The summed E-state index contributed by atoms with van der Waals surface area (Å²) in [4.78, 5) is 0. The van der Waals surface area contributed by atoms with Gasteiger partial charge in [-0.15, -0.1) is 12.4 Å². The van der Waals surface area contributed by atoms with Gasteiger partial charge in [-0.2, -0.15) is 10.5 Å². The van der Waals surface area contributed by atoms with Gasteiger partial charge < -0.3 is 0 Å². The Kier molecular flexibility index (Phi) is 7.58. The molecule has 0 unspecified atom stereocenters. The second-order valence-electron chi connectivity index (χ2n) is 1.33. The summed E-state index contributed by atoms with van der Waals surface area (Å²) in [6.45, 7) is 0. The summed E-state index contributed by atoms with van der Waals surface area (Å²) in [5.41, 5.74) is 0. The smallest absolute Gasteiger partial charge is 0.146 e. The SMILES string of the molecule is Cl.N#CC(C#N)C[SH](=O)=O. The van der Waals surface area contributed by atoms with Crippen LogP contribution in [0.15, 0.2) is 0 Å². The van der Waals surface area contributed by atoms with Crippen molar-refractivity contribution in [1.82, 2.24) is 0 Å². The Balaban J connectivity index is 0. The van der Waals surface area contributed by atoms with Gasteiger partial charge in [0.1, 0.15) is 16.6 Å². The maximum atomic E-state index is 9.86. The number of nitrogens with zero attached hydrogens (tertiary/aromatic N) is 2. The van der Waals surface area contributed by atoms with E-state index >= 15 is 0 Å². The lowest BCUT2D eigenvalue weighted by molar-refractivity contribution is 0.611. The van der Waals surface area contributed by atoms with E-state index in [0.717, 1.165) is 0 Å². The number of halogens is 1. The highest BCUT2D eigenvalue weighted by Gasteiger charge is 2.04. The highest BCUT2D eigenvalue weighted by molar-refractivity contribution is 7.72. The Morgan fingerprint density at radius 1 is 1.30 bits per heavy atom. The molecule has 0 amide bonds. The monoisotopic (exact) mass is 180 g/mol. The Morgan fingerprint density at radius 3 is 1.80 bits per heavy atom. The molecule has 0 saturated heterocycles. The lowest BCUT2D eigenvalue weighted by atomic mass is 10.2. The lowest BCUT2D eigenvalue weighted by Crippen LogP contribution is -2.00. The molecule has 10 heavy (non-hydrogen) atoms. The minimum atomic E-state index is -2.60. The van der Waals surface area contributed by atoms with Crippen molar-refractivity contribution in [2.45, 2.75) is 0 Å². The fraction of sp³-hybridized carbons (Fsp3) is 0.500. The van der Waals surface area contributed by atoms with Crippen LogP contribution in [0.4, 0.5) is 0 Å². The van der Waals surface area contributed by atoms with Gasteiger partial charge in [-0.05, 0) is 0 Å². The van der Waals surface area contributed by atoms with Gasteiger partial charge >= 0.3 is 0 Å². The molecule has 0 rings (SSSR count). The summed E-state index contributed by atoms with van der Waals surface area (Å²) in [6.07, 6.45) is 0. The molecule has 0 aliphatic rings.